The molecule has 0 amide bonds. The number of nitrogens with zero attached hydrogens (tertiary/aromatic N) is 4. The Morgan fingerprint density at radius 2 is 2.38 bits per heavy atom. The van der Waals surface area contributed by atoms with Crippen LogP contribution in [0.4, 0.5) is 0 Å². The van der Waals surface area contributed by atoms with Gasteiger partial charge < -0.3 is 19.9 Å². The molecule has 122 valence electrons. The van der Waals surface area contributed by atoms with Crippen LogP contribution in [0.15, 0.2) is 24.5 Å². The number of hydrogen-bond donors (Lipinski definition) is 2. The van der Waals surface area contributed by atoms with Gasteiger partial charge in [0.2, 0.25) is 0 Å². The van der Waals surface area contributed by atoms with E-state index in [1.165, 1.54) is 0 Å². The van der Waals surface area contributed by atoms with Gasteiger partial charge in [0, 0.05) is 31.2 Å². The second-order valence-corrected chi connectivity index (χ2v) is 6.11. The van der Waals surface area contributed by atoms with Crippen molar-refractivity contribution in [3.63, 3.8) is 0 Å². The Kier molecular flexibility index (Phi) is 3.76. The van der Waals surface area contributed by atoms with Crippen LogP contribution in [0, 0.1) is 11.3 Å². The number of aromatic nitrogens is 3. The van der Waals surface area contributed by atoms with Gasteiger partial charge in [0.05, 0.1) is 23.1 Å². The molecule has 0 spiro atoms. The average Bonchev–Trinajstić information content (AvgIpc) is 2.98. The summed E-state index contributed by atoms with van der Waals surface area (Å²) in [6, 6.07) is 6.02. The lowest BCUT2D eigenvalue weighted by molar-refractivity contribution is 0.181. The zero-order chi connectivity index (χ0) is 16.5. The molecule has 0 unspecified atom stereocenters. The number of ether oxygens (including phenoxy) is 1. The van der Waals surface area contributed by atoms with E-state index < -0.39 is 0 Å². The molecule has 0 bridgehead atoms. The summed E-state index contributed by atoms with van der Waals surface area (Å²) in [7, 11) is 2.12. The Morgan fingerprint density at radius 3 is 3.21 bits per heavy atom. The first-order valence-electron chi connectivity index (χ1n) is 7.96. The lowest BCUT2D eigenvalue weighted by Gasteiger charge is -2.30. The first-order valence-corrected chi connectivity index (χ1v) is 7.96. The van der Waals surface area contributed by atoms with Crippen LogP contribution in [0.3, 0.4) is 0 Å². The van der Waals surface area contributed by atoms with Crippen LogP contribution in [-0.4, -0.2) is 59.2 Å². The summed E-state index contributed by atoms with van der Waals surface area (Å²) in [5.41, 5.74) is 1.98. The number of hydrogen-bond acceptors (Lipinski definition) is 6. The largest absolute Gasteiger partial charge is 0.491 e. The molecular formula is C17H18N6O. The fourth-order valence-corrected chi connectivity index (χ4v) is 3.16. The topological polar surface area (TPSA) is 89.9 Å². The van der Waals surface area contributed by atoms with Crippen molar-refractivity contribution in [2.24, 2.45) is 0 Å². The monoisotopic (exact) mass is 322 g/mol. The van der Waals surface area contributed by atoms with Gasteiger partial charge in [-0.05, 0) is 19.2 Å². The summed E-state index contributed by atoms with van der Waals surface area (Å²) in [6.45, 7) is 3.58. The van der Waals surface area contributed by atoms with Gasteiger partial charge in [0.15, 0.2) is 0 Å². The predicted molar refractivity (Wildman–Crippen MR) is 90.9 cm³/mol. The summed E-state index contributed by atoms with van der Waals surface area (Å²) in [5, 5.41) is 14.4. The molecule has 7 heteroatoms. The highest BCUT2D eigenvalue weighted by Crippen LogP contribution is 2.31. The maximum absolute atomic E-state index is 9.09. The minimum absolute atomic E-state index is 0.300. The standard InChI is InChI=1S/C17H18N6O/c1-23-5-4-19-12(9-23)10-24-15-2-3-20-17-16(15)13-6-11(7-18)21-8-14(13)22-17/h2-3,6,8,12,19H,4-5,9-10H2,1H3,(H,20,22)/t12-/m1/s1. The number of fused-ring (bicyclic) bond motifs is 3. The Labute approximate surface area is 139 Å². The number of likely N-dealkylation sites (N-methyl/N-ethyl adjacent to an activating group) is 1. The van der Waals surface area contributed by atoms with Crippen molar-refractivity contribution in [3.05, 3.63) is 30.2 Å². The maximum Gasteiger partial charge on any atom is 0.142 e. The Morgan fingerprint density at radius 1 is 1.46 bits per heavy atom. The number of pyridine rings is 2. The summed E-state index contributed by atoms with van der Waals surface area (Å²) >= 11 is 0. The third kappa shape index (κ3) is 2.66. The van der Waals surface area contributed by atoms with Crippen LogP contribution in [0.1, 0.15) is 5.69 Å². The molecule has 4 rings (SSSR count). The second kappa shape index (κ2) is 6.07. The molecule has 1 aliphatic heterocycles. The van der Waals surface area contributed by atoms with Crippen LogP contribution < -0.4 is 10.1 Å². The van der Waals surface area contributed by atoms with Crippen molar-refractivity contribution in [3.8, 4) is 11.8 Å². The van der Waals surface area contributed by atoms with Crippen LogP contribution in [0.5, 0.6) is 5.75 Å². The molecule has 1 atom stereocenters. The number of nitrogens with one attached hydrogen (secondary N) is 2. The minimum Gasteiger partial charge on any atom is -0.491 e. The van der Waals surface area contributed by atoms with Gasteiger partial charge in [0.1, 0.15) is 29.8 Å². The van der Waals surface area contributed by atoms with Gasteiger partial charge in [-0.2, -0.15) is 5.26 Å². The van der Waals surface area contributed by atoms with E-state index in [4.69, 9.17) is 10.00 Å². The SMILES string of the molecule is CN1CCN[C@@H](COc2ccnc3[nH]c4cnc(C#N)cc4c23)C1. The van der Waals surface area contributed by atoms with Gasteiger partial charge in [-0.15, -0.1) is 0 Å². The van der Waals surface area contributed by atoms with Gasteiger partial charge >= 0.3 is 0 Å². The van der Waals surface area contributed by atoms with Gasteiger partial charge in [0.25, 0.3) is 0 Å². The molecule has 7 nitrogen and oxygen atoms in total. The van der Waals surface area contributed by atoms with Crippen molar-refractivity contribution in [1.29, 1.82) is 5.26 Å². The maximum atomic E-state index is 9.09. The van der Waals surface area contributed by atoms with E-state index in [-0.39, 0.29) is 0 Å². The molecule has 1 aliphatic rings. The summed E-state index contributed by atoms with van der Waals surface area (Å²) < 4.78 is 6.09. The molecule has 2 N–H and O–H groups in total. The smallest absolute Gasteiger partial charge is 0.142 e. The van der Waals surface area contributed by atoms with Crippen molar-refractivity contribution in [2.75, 3.05) is 33.3 Å². The van der Waals surface area contributed by atoms with Gasteiger partial charge in [-0.25, -0.2) is 9.97 Å². The molecule has 1 saturated heterocycles. The molecule has 3 aromatic rings. The quantitative estimate of drug-likeness (QED) is 0.755. The molecule has 0 radical (unpaired) electrons. The van der Waals surface area contributed by atoms with E-state index in [2.05, 4.69) is 38.3 Å². The Balaban J connectivity index is 1.68. The van der Waals surface area contributed by atoms with Crippen LogP contribution in [0.25, 0.3) is 21.9 Å². The zero-order valence-corrected chi connectivity index (χ0v) is 13.4. The molecule has 3 aromatic heterocycles. The average molecular weight is 322 g/mol. The number of H-pyrrole nitrogens is 1. The van der Waals surface area contributed by atoms with E-state index in [0.717, 1.165) is 47.3 Å². The number of aromatic amines is 1. The third-order valence-electron chi connectivity index (χ3n) is 4.35. The van der Waals surface area contributed by atoms with E-state index in [0.29, 0.717) is 18.3 Å². The molecule has 0 aliphatic carbocycles. The van der Waals surface area contributed by atoms with Crippen molar-refractivity contribution in [2.45, 2.75) is 6.04 Å². The Hall–Kier alpha value is -2.69. The highest BCUT2D eigenvalue weighted by Gasteiger charge is 2.18. The zero-order valence-electron chi connectivity index (χ0n) is 13.4. The fourth-order valence-electron chi connectivity index (χ4n) is 3.16. The first-order chi connectivity index (χ1) is 11.7. The third-order valence-corrected chi connectivity index (χ3v) is 4.35. The van der Waals surface area contributed by atoms with Crippen LogP contribution in [0.2, 0.25) is 0 Å². The highest BCUT2D eigenvalue weighted by atomic mass is 16.5. The number of rotatable bonds is 3. The molecule has 4 heterocycles. The van der Waals surface area contributed by atoms with Crippen molar-refractivity contribution >= 4 is 21.9 Å². The van der Waals surface area contributed by atoms with Crippen LogP contribution >= 0.6 is 0 Å². The lowest BCUT2D eigenvalue weighted by atomic mass is 10.2. The molecule has 24 heavy (non-hydrogen) atoms. The van der Waals surface area contributed by atoms with E-state index in [9.17, 15) is 0 Å². The molecular weight excluding hydrogens is 304 g/mol. The fraction of sp³-hybridized carbons (Fsp3) is 0.353. The normalized spacial score (nSPS) is 18.8. The van der Waals surface area contributed by atoms with Crippen molar-refractivity contribution in [1.82, 2.24) is 25.2 Å². The second-order valence-electron chi connectivity index (χ2n) is 6.11. The minimum atomic E-state index is 0.300. The summed E-state index contributed by atoms with van der Waals surface area (Å²) in [6.07, 6.45) is 3.39. The first kappa shape index (κ1) is 14.9. The van der Waals surface area contributed by atoms with Crippen LogP contribution in [-0.2, 0) is 0 Å². The molecule has 1 fully saturated rings. The van der Waals surface area contributed by atoms with Gasteiger partial charge in [-0.1, -0.05) is 0 Å². The van der Waals surface area contributed by atoms with E-state index >= 15 is 0 Å². The highest BCUT2D eigenvalue weighted by molar-refractivity contribution is 6.09. The Bertz CT molecular complexity index is 928. The number of nitriles is 1. The lowest BCUT2D eigenvalue weighted by Crippen LogP contribution is -2.51. The van der Waals surface area contributed by atoms with Gasteiger partial charge in [-0.3, -0.25) is 0 Å². The molecule has 0 saturated carbocycles. The van der Waals surface area contributed by atoms with E-state index in [1.807, 2.05) is 6.07 Å². The number of piperazine rings is 1. The van der Waals surface area contributed by atoms with Crippen molar-refractivity contribution < 1.29 is 4.74 Å². The summed E-state index contributed by atoms with van der Waals surface area (Å²) in [4.78, 5) is 14.0. The summed E-state index contributed by atoms with van der Waals surface area (Å²) in [5.74, 6) is 0.774. The molecule has 0 aromatic carbocycles. The van der Waals surface area contributed by atoms with E-state index in [1.54, 1.807) is 18.5 Å². The predicted octanol–water partition coefficient (Wildman–Crippen LogP) is 1.27.